The van der Waals surface area contributed by atoms with Gasteiger partial charge in [0.2, 0.25) is 0 Å². The smallest absolute Gasteiger partial charge is 0.303 e. The topological polar surface area (TPSA) is 54.4 Å². The number of carbonyl (C=O) groups is 2. The standard InChI is InChI=1S/C16H23BrO3/c1-3-4-8-12-10-13(17)16(20)15(12)11(2)7-5-6-9-14(18)19/h10,12H,3-9H2,1-2H3,(H,18,19). The Morgan fingerprint density at radius 2 is 1.95 bits per heavy atom. The van der Waals surface area contributed by atoms with E-state index in [1.165, 1.54) is 0 Å². The zero-order chi connectivity index (χ0) is 15.1. The molecule has 4 heteroatoms. The third-order valence-electron chi connectivity index (χ3n) is 3.70. The Labute approximate surface area is 129 Å². The fourth-order valence-corrected chi connectivity index (χ4v) is 3.13. The van der Waals surface area contributed by atoms with Crippen molar-refractivity contribution in [3.8, 4) is 0 Å². The summed E-state index contributed by atoms with van der Waals surface area (Å²) in [6.45, 7) is 4.16. The van der Waals surface area contributed by atoms with Gasteiger partial charge >= 0.3 is 5.97 Å². The molecular formula is C16H23BrO3. The number of halogens is 1. The number of carboxylic acids is 1. The Balaban J connectivity index is 2.65. The lowest BCUT2D eigenvalue weighted by Crippen LogP contribution is -2.07. The molecule has 0 fully saturated rings. The Hall–Kier alpha value is -0.900. The predicted molar refractivity (Wildman–Crippen MR) is 83.8 cm³/mol. The van der Waals surface area contributed by atoms with Crippen LogP contribution >= 0.6 is 15.9 Å². The van der Waals surface area contributed by atoms with Crippen LogP contribution in [0.15, 0.2) is 21.7 Å². The lowest BCUT2D eigenvalue weighted by molar-refractivity contribution is -0.137. The summed E-state index contributed by atoms with van der Waals surface area (Å²) >= 11 is 3.35. The molecule has 1 N–H and O–H groups in total. The van der Waals surface area contributed by atoms with E-state index in [4.69, 9.17) is 5.11 Å². The first kappa shape index (κ1) is 17.2. The minimum absolute atomic E-state index is 0.113. The number of rotatable bonds is 8. The van der Waals surface area contributed by atoms with E-state index in [9.17, 15) is 9.59 Å². The molecule has 0 aromatic heterocycles. The fourth-order valence-electron chi connectivity index (χ4n) is 2.60. The van der Waals surface area contributed by atoms with Crippen LogP contribution in [0.3, 0.4) is 0 Å². The highest BCUT2D eigenvalue weighted by atomic mass is 79.9. The second-order valence-electron chi connectivity index (χ2n) is 5.39. The molecule has 0 saturated heterocycles. The van der Waals surface area contributed by atoms with Crippen LogP contribution in [0.4, 0.5) is 0 Å². The van der Waals surface area contributed by atoms with Crippen molar-refractivity contribution in [2.45, 2.75) is 58.8 Å². The summed E-state index contributed by atoms with van der Waals surface area (Å²) in [6, 6.07) is 0. The quantitative estimate of drug-likeness (QED) is 0.517. The molecule has 0 heterocycles. The van der Waals surface area contributed by atoms with Crippen LogP contribution in [0.2, 0.25) is 0 Å². The average Bonchev–Trinajstić information content (AvgIpc) is 2.67. The molecular weight excluding hydrogens is 320 g/mol. The molecule has 0 saturated carbocycles. The molecule has 0 amide bonds. The molecule has 3 nitrogen and oxygen atoms in total. The minimum Gasteiger partial charge on any atom is -0.481 e. The van der Waals surface area contributed by atoms with Crippen molar-refractivity contribution in [2.24, 2.45) is 5.92 Å². The Morgan fingerprint density at radius 1 is 1.30 bits per heavy atom. The van der Waals surface area contributed by atoms with Crippen LogP contribution in [0.5, 0.6) is 0 Å². The van der Waals surface area contributed by atoms with E-state index in [1.54, 1.807) is 0 Å². The van der Waals surface area contributed by atoms with Crippen molar-refractivity contribution in [1.82, 2.24) is 0 Å². The van der Waals surface area contributed by atoms with Crippen LogP contribution in [0.25, 0.3) is 0 Å². The molecule has 20 heavy (non-hydrogen) atoms. The molecule has 0 spiro atoms. The predicted octanol–water partition coefficient (Wildman–Crippen LogP) is 4.62. The number of allylic oxidation sites excluding steroid dienone is 4. The van der Waals surface area contributed by atoms with Gasteiger partial charge in [0.15, 0.2) is 5.78 Å². The van der Waals surface area contributed by atoms with Crippen molar-refractivity contribution in [1.29, 1.82) is 0 Å². The third-order valence-corrected chi connectivity index (χ3v) is 4.33. The Morgan fingerprint density at radius 3 is 2.55 bits per heavy atom. The van der Waals surface area contributed by atoms with E-state index < -0.39 is 5.97 Å². The lowest BCUT2D eigenvalue weighted by Gasteiger charge is -2.13. The number of carboxylic acid groups (broad SMARTS) is 1. The molecule has 1 atom stereocenters. The highest BCUT2D eigenvalue weighted by Crippen LogP contribution is 2.36. The van der Waals surface area contributed by atoms with Crippen LogP contribution in [0.1, 0.15) is 58.8 Å². The third kappa shape index (κ3) is 4.89. The number of hydrogen-bond donors (Lipinski definition) is 1. The van der Waals surface area contributed by atoms with Gasteiger partial charge in [0.1, 0.15) is 0 Å². The van der Waals surface area contributed by atoms with Crippen LogP contribution < -0.4 is 0 Å². The van der Waals surface area contributed by atoms with Crippen molar-refractivity contribution in [3.05, 3.63) is 21.7 Å². The zero-order valence-electron chi connectivity index (χ0n) is 12.2. The van der Waals surface area contributed by atoms with Crippen LogP contribution in [-0.4, -0.2) is 16.9 Å². The largest absolute Gasteiger partial charge is 0.481 e. The van der Waals surface area contributed by atoms with E-state index in [2.05, 4.69) is 22.9 Å². The van der Waals surface area contributed by atoms with Gasteiger partial charge in [-0.2, -0.15) is 0 Å². The summed E-state index contributed by atoms with van der Waals surface area (Å²) in [4.78, 5) is 22.7. The summed E-state index contributed by atoms with van der Waals surface area (Å²) in [7, 11) is 0. The molecule has 0 radical (unpaired) electrons. The van der Waals surface area contributed by atoms with E-state index in [-0.39, 0.29) is 18.1 Å². The van der Waals surface area contributed by atoms with Gasteiger partial charge in [0, 0.05) is 17.9 Å². The summed E-state index contributed by atoms with van der Waals surface area (Å²) < 4.78 is 0.679. The van der Waals surface area contributed by atoms with E-state index in [0.29, 0.717) is 10.9 Å². The maximum absolute atomic E-state index is 12.2. The Kier molecular flexibility index (Phi) is 7.20. The molecule has 0 aromatic rings. The monoisotopic (exact) mass is 342 g/mol. The Bertz CT molecular complexity index is 435. The lowest BCUT2D eigenvalue weighted by atomic mass is 9.90. The molecule has 0 aromatic carbocycles. The highest BCUT2D eigenvalue weighted by Gasteiger charge is 2.29. The number of aliphatic carboxylic acids is 1. The van der Waals surface area contributed by atoms with E-state index in [1.807, 2.05) is 13.0 Å². The normalized spacial score (nSPS) is 21.1. The molecule has 0 bridgehead atoms. The summed E-state index contributed by atoms with van der Waals surface area (Å²) in [5.74, 6) is -0.407. The van der Waals surface area contributed by atoms with Crippen molar-refractivity contribution < 1.29 is 14.7 Å². The summed E-state index contributed by atoms with van der Waals surface area (Å²) in [5.41, 5.74) is 2.05. The van der Waals surface area contributed by atoms with Gasteiger partial charge in [-0.3, -0.25) is 9.59 Å². The van der Waals surface area contributed by atoms with Crippen LogP contribution in [-0.2, 0) is 9.59 Å². The second-order valence-corrected chi connectivity index (χ2v) is 6.24. The first-order chi connectivity index (χ1) is 9.47. The van der Waals surface area contributed by atoms with Gasteiger partial charge in [-0.15, -0.1) is 0 Å². The average molecular weight is 343 g/mol. The summed E-state index contributed by atoms with van der Waals surface area (Å²) in [6.07, 6.45) is 7.79. The van der Waals surface area contributed by atoms with Gasteiger partial charge in [-0.05, 0) is 48.5 Å². The molecule has 1 aliphatic rings. The number of unbranched alkanes of at least 4 members (excludes halogenated alkanes) is 2. The molecule has 1 unspecified atom stereocenters. The van der Waals surface area contributed by atoms with Gasteiger partial charge in [-0.1, -0.05) is 31.4 Å². The van der Waals surface area contributed by atoms with Gasteiger partial charge in [-0.25, -0.2) is 0 Å². The zero-order valence-corrected chi connectivity index (χ0v) is 13.8. The van der Waals surface area contributed by atoms with Gasteiger partial charge in [0.05, 0.1) is 4.48 Å². The van der Waals surface area contributed by atoms with E-state index >= 15 is 0 Å². The highest BCUT2D eigenvalue weighted by molar-refractivity contribution is 9.12. The molecule has 0 aliphatic heterocycles. The molecule has 1 aliphatic carbocycles. The van der Waals surface area contributed by atoms with Gasteiger partial charge in [0.25, 0.3) is 0 Å². The number of Topliss-reactive ketones (excluding diaryl/α,β-unsaturated/α-hetero) is 1. The number of ketones is 1. The second kappa shape index (κ2) is 8.40. The summed E-state index contributed by atoms with van der Waals surface area (Å²) in [5, 5.41) is 8.63. The maximum Gasteiger partial charge on any atom is 0.303 e. The number of hydrogen-bond acceptors (Lipinski definition) is 2. The maximum atomic E-state index is 12.2. The van der Waals surface area contributed by atoms with Gasteiger partial charge < -0.3 is 5.11 Å². The van der Waals surface area contributed by atoms with Crippen molar-refractivity contribution >= 4 is 27.7 Å². The fraction of sp³-hybridized carbons (Fsp3) is 0.625. The SMILES string of the molecule is CCCCC1C=C(Br)C(=O)C1=C(C)CCCCC(=O)O. The van der Waals surface area contributed by atoms with Crippen molar-refractivity contribution in [2.75, 3.05) is 0 Å². The number of carbonyl (C=O) groups excluding carboxylic acids is 1. The molecule has 1 rings (SSSR count). The van der Waals surface area contributed by atoms with E-state index in [0.717, 1.165) is 43.3 Å². The van der Waals surface area contributed by atoms with Crippen molar-refractivity contribution in [3.63, 3.8) is 0 Å². The first-order valence-electron chi connectivity index (χ1n) is 7.30. The minimum atomic E-state index is -0.752. The van der Waals surface area contributed by atoms with Crippen LogP contribution in [0, 0.1) is 5.92 Å². The molecule has 112 valence electrons. The first-order valence-corrected chi connectivity index (χ1v) is 8.10.